The number of terminal acetylenes is 1. The molecule has 1 rings (SSSR count). The Hall–Kier alpha value is -0.863. The van der Waals surface area contributed by atoms with Gasteiger partial charge in [-0.3, -0.25) is 0 Å². The molecule has 4 heteroatoms. The average Bonchev–Trinajstić information content (AvgIpc) is 2.52. The largest absolute Gasteiger partial charge is 0.403 e. The molecule has 26 heavy (non-hydrogen) atoms. The van der Waals surface area contributed by atoms with Crippen LogP contribution in [0.4, 0.5) is 0 Å². The fraction of sp³-hybridized carbons (Fsp3) is 0.727. The summed E-state index contributed by atoms with van der Waals surface area (Å²) in [7, 11) is -0.281. The minimum Gasteiger partial charge on any atom is -0.403 e. The fourth-order valence-electron chi connectivity index (χ4n) is 3.33. The first-order valence-corrected chi connectivity index (χ1v) is 12.4. The Balaban J connectivity index is 3.05. The predicted molar refractivity (Wildman–Crippen MR) is 112 cm³/mol. The molecular formula is C22H38O3Si. The number of hydrogen-bond donors (Lipinski definition) is 0. The number of allylic oxidation sites excluding steroid dienone is 2. The molecule has 0 amide bonds. The van der Waals surface area contributed by atoms with Crippen LogP contribution in [0.2, 0.25) is 18.1 Å². The zero-order valence-electron chi connectivity index (χ0n) is 18.0. The summed E-state index contributed by atoms with van der Waals surface area (Å²) in [5, 5.41) is 0.129. The van der Waals surface area contributed by atoms with Crippen LogP contribution < -0.4 is 0 Å². The molecule has 0 fully saturated rings. The van der Waals surface area contributed by atoms with Gasteiger partial charge in [-0.05, 0) is 62.2 Å². The van der Waals surface area contributed by atoms with Crippen LogP contribution in [0.3, 0.4) is 0 Å². The smallest absolute Gasteiger partial charge is 0.193 e. The second-order valence-electron chi connectivity index (χ2n) is 9.06. The lowest BCUT2D eigenvalue weighted by molar-refractivity contribution is -0.0898. The minimum atomic E-state index is -1.93. The second-order valence-corrected chi connectivity index (χ2v) is 13.8. The first-order chi connectivity index (χ1) is 11.9. The molecule has 4 atom stereocenters. The Labute approximate surface area is 162 Å². The highest BCUT2D eigenvalue weighted by Crippen LogP contribution is 2.41. The summed E-state index contributed by atoms with van der Waals surface area (Å²) in [6.07, 6.45) is 9.69. The van der Waals surface area contributed by atoms with Gasteiger partial charge in [0, 0.05) is 7.11 Å². The molecule has 0 saturated carbocycles. The van der Waals surface area contributed by atoms with E-state index in [4.69, 9.17) is 20.3 Å². The molecule has 0 aliphatic heterocycles. The van der Waals surface area contributed by atoms with Gasteiger partial charge in [0.1, 0.15) is 12.9 Å². The highest BCUT2D eigenvalue weighted by molar-refractivity contribution is 6.74. The Morgan fingerprint density at radius 1 is 1.42 bits per heavy atom. The number of ether oxygens (including phenoxy) is 2. The molecule has 148 valence electrons. The molecule has 1 aliphatic rings. The minimum absolute atomic E-state index is 0.00994. The highest BCUT2D eigenvalue weighted by atomic mass is 28.4. The molecule has 0 aromatic rings. The average molecular weight is 379 g/mol. The third kappa shape index (κ3) is 5.82. The molecule has 0 saturated heterocycles. The van der Waals surface area contributed by atoms with Gasteiger partial charge >= 0.3 is 0 Å². The molecule has 3 nitrogen and oxygen atoms in total. The SMILES string of the molecule is C#C[C@H](C[C@@H]1[C@@H](C(=C)C)CC=C(C)[C@H]1OCOC)O[Si](C)(C)C(C)(C)C. The van der Waals surface area contributed by atoms with Gasteiger partial charge in [-0.15, -0.1) is 6.42 Å². The van der Waals surface area contributed by atoms with E-state index in [-0.39, 0.29) is 30.0 Å². The van der Waals surface area contributed by atoms with Crippen molar-refractivity contribution in [2.45, 2.75) is 77.8 Å². The van der Waals surface area contributed by atoms with Crippen LogP contribution in [-0.2, 0) is 13.9 Å². The van der Waals surface area contributed by atoms with Crippen LogP contribution in [-0.4, -0.2) is 34.4 Å². The van der Waals surface area contributed by atoms with Crippen LogP contribution in [0.5, 0.6) is 0 Å². The van der Waals surface area contributed by atoms with Gasteiger partial charge in [-0.2, -0.15) is 0 Å². The highest BCUT2D eigenvalue weighted by Gasteiger charge is 2.41. The van der Waals surface area contributed by atoms with Gasteiger partial charge in [-0.1, -0.05) is 44.9 Å². The zero-order valence-corrected chi connectivity index (χ0v) is 19.0. The Morgan fingerprint density at radius 2 is 2.04 bits per heavy atom. The van der Waals surface area contributed by atoms with E-state index in [1.165, 1.54) is 11.1 Å². The summed E-state index contributed by atoms with van der Waals surface area (Å²) in [5.41, 5.74) is 2.42. The van der Waals surface area contributed by atoms with E-state index in [0.717, 1.165) is 12.8 Å². The van der Waals surface area contributed by atoms with Crippen molar-refractivity contribution in [2.75, 3.05) is 13.9 Å². The van der Waals surface area contributed by atoms with Crippen molar-refractivity contribution in [3.8, 4) is 12.3 Å². The van der Waals surface area contributed by atoms with Crippen molar-refractivity contribution in [2.24, 2.45) is 11.8 Å². The van der Waals surface area contributed by atoms with Crippen LogP contribution >= 0.6 is 0 Å². The van der Waals surface area contributed by atoms with E-state index >= 15 is 0 Å². The van der Waals surface area contributed by atoms with Gasteiger partial charge in [0.05, 0.1) is 6.10 Å². The zero-order chi connectivity index (χ0) is 20.1. The fourth-order valence-corrected chi connectivity index (χ4v) is 4.56. The van der Waals surface area contributed by atoms with Gasteiger partial charge in [0.2, 0.25) is 0 Å². The number of methoxy groups -OCH3 is 1. The molecule has 0 radical (unpaired) electrons. The standard InChI is InChI=1S/C22H38O3Si/c1-11-18(25-26(9,10)22(5,6)7)14-20-19(16(2)3)13-12-17(4)21(20)24-15-23-8/h1,12,18-21H,2,13-15H2,3-10H3/t18-,19-,20-,21-/m1/s1. The van der Waals surface area contributed by atoms with Crippen LogP contribution in [0, 0.1) is 24.2 Å². The van der Waals surface area contributed by atoms with Gasteiger partial charge in [-0.25, -0.2) is 0 Å². The molecule has 0 N–H and O–H groups in total. The molecule has 0 heterocycles. The maximum atomic E-state index is 6.54. The van der Waals surface area contributed by atoms with E-state index < -0.39 is 8.32 Å². The molecule has 0 aromatic carbocycles. The first-order valence-electron chi connectivity index (χ1n) is 9.51. The maximum absolute atomic E-state index is 6.54. The first kappa shape index (κ1) is 23.2. The third-order valence-corrected chi connectivity index (χ3v) is 10.4. The van der Waals surface area contributed by atoms with Crippen LogP contribution in [0.25, 0.3) is 0 Å². The predicted octanol–water partition coefficient (Wildman–Crippen LogP) is 5.55. The van der Waals surface area contributed by atoms with E-state index in [1.54, 1.807) is 7.11 Å². The number of hydrogen-bond acceptors (Lipinski definition) is 3. The van der Waals surface area contributed by atoms with Gasteiger partial charge < -0.3 is 13.9 Å². The molecule has 1 aliphatic carbocycles. The summed E-state index contributed by atoms with van der Waals surface area (Å²) < 4.78 is 17.7. The van der Waals surface area contributed by atoms with Gasteiger partial charge in [0.15, 0.2) is 8.32 Å². The van der Waals surface area contributed by atoms with Crippen molar-refractivity contribution in [1.29, 1.82) is 0 Å². The second kappa shape index (κ2) is 9.37. The monoisotopic (exact) mass is 378 g/mol. The van der Waals surface area contributed by atoms with Crippen molar-refractivity contribution in [1.82, 2.24) is 0 Å². The molecular weight excluding hydrogens is 340 g/mol. The molecule has 0 aromatic heterocycles. The molecule has 0 bridgehead atoms. The summed E-state index contributed by atoms with van der Waals surface area (Å²) in [6, 6.07) is 0. The summed E-state index contributed by atoms with van der Waals surface area (Å²) in [4.78, 5) is 0. The van der Waals surface area contributed by atoms with Crippen molar-refractivity contribution >= 4 is 8.32 Å². The normalized spacial score (nSPS) is 25.3. The number of rotatable bonds is 8. The van der Waals surface area contributed by atoms with E-state index in [2.05, 4.69) is 66.3 Å². The molecule has 0 unspecified atom stereocenters. The lowest BCUT2D eigenvalue weighted by Gasteiger charge is -2.42. The lowest BCUT2D eigenvalue weighted by Crippen LogP contribution is -2.45. The summed E-state index contributed by atoms with van der Waals surface area (Å²) in [6.45, 7) is 19.9. The van der Waals surface area contributed by atoms with E-state index in [9.17, 15) is 0 Å². The van der Waals surface area contributed by atoms with E-state index in [1.807, 2.05) is 0 Å². The Kier molecular flexibility index (Phi) is 8.35. The van der Waals surface area contributed by atoms with E-state index in [0.29, 0.717) is 5.92 Å². The van der Waals surface area contributed by atoms with Crippen molar-refractivity contribution < 1.29 is 13.9 Å². The topological polar surface area (TPSA) is 27.7 Å². The lowest BCUT2D eigenvalue weighted by atomic mass is 9.72. The van der Waals surface area contributed by atoms with Crippen LogP contribution in [0.15, 0.2) is 23.8 Å². The Morgan fingerprint density at radius 3 is 2.50 bits per heavy atom. The molecule has 0 spiro atoms. The summed E-state index contributed by atoms with van der Waals surface area (Å²) >= 11 is 0. The van der Waals surface area contributed by atoms with Crippen LogP contribution in [0.1, 0.15) is 47.5 Å². The summed E-state index contributed by atoms with van der Waals surface area (Å²) in [5.74, 6) is 3.50. The van der Waals surface area contributed by atoms with Crippen molar-refractivity contribution in [3.63, 3.8) is 0 Å². The van der Waals surface area contributed by atoms with Gasteiger partial charge in [0.25, 0.3) is 0 Å². The van der Waals surface area contributed by atoms with Crippen molar-refractivity contribution in [3.05, 3.63) is 23.8 Å². The maximum Gasteiger partial charge on any atom is 0.193 e. The quantitative estimate of drug-likeness (QED) is 0.240. The Bertz CT molecular complexity index is 551. The third-order valence-electron chi connectivity index (χ3n) is 5.96.